The Morgan fingerprint density at radius 2 is 2.22 bits per heavy atom. The number of hydrogen-bond acceptors (Lipinski definition) is 4. The van der Waals surface area contributed by atoms with E-state index in [9.17, 15) is 9.18 Å². The summed E-state index contributed by atoms with van der Waals surface area (Å²) in [5.74, 6) is -2.03. The van der Waals surface area contributed by atoms with Crippen molar-refractivity contribution in [1.82, 2.24) is 5.16 Å². The van der Waals surface area contributed by atoms with Gasteiger partial charge in [0.2, 0.25) is 5.76 Å². The molecule has 0 radical (unpaired) electrons. The lowest BCUT2D eigenvalue weighted by Crippen LogP contribution is -1.91. The summed E-state index contributed by atoms with van der Waals surface area (Å²) in [7, 11) is 0. The molecule has 2 rings (SSSR count). The second-order valence-corrected chi connectivity index (χ2v) is 4.58. The predicted octanol–water partition coefficient (Wildman–Crippen LogP) is 3.55. The van der Waals surface area contributed by atoms with Crippen LogP contribution in [0.1, 0.15) is 10.6 Å². The molecule has 0 aliphatic heterocycles. The molecule has 0 fully saturated rings. The molecule has 0 aliphatic rings. The van der Waals surface area contributed by atoms with Crippen molar-refractivity contribution in [2.75, 3.05) is 6.26 Å². The van der Waals surface area contributed by atoms with Crippen LogP contribution in [0.4, 0.5) is 4.39 Å². The summed E-state index contributed by atoms with van der Waals surface area (Å²) in [6, 6.07) is 3.97. The minimum Gasteiger partial charge on any atom is -0.475 e. The van der Waals surface area contributed by atoms with E-state index in [4.69, 9.17) is 16.7 Å². The molecule has 7 heteroatoms. The summed E-state index contributed by atoms with van der Waals surface area (Å²) in [5.41, 5.74) is 0.590. The molecule has 1 heterocycles. The fourth-order valence-electron chi connectivity index (χ4n) is 1.41. The molecule has 4 nitrogen and oxygen atoms in total. The third-order valence-electron chi connectivity index (χ3n) is 2.22. The Labute approximate surface area is 111 Å². The molecule has 1 aromatic carbocycles. The number of nitrogens with zero attached hydrogens (tertiary/aromatic N) is 1. The highest BCUT2D eigenvalue weighted by molar-refractivity contribution is 7.98. The molecule has 1 aromatic heterocycles. The van der Waals surface area contributed by atoms with Gasteiger partial charge in [0.1, 0.15) is 11.5 Å². The van der Waals surface area contributed by atoms with Crippen molar-refractivity contribution >= 4 is 29.3 Å². The van der Waals surface area contributed by atoms with E-state index in [1.165, 1.54) is 30.0 Å². The highest BCUT2D eigenvalue weighted by Gasteiger charge is 2.15. The highest BCUT2D eigenvalue weighted by Crippen LogP contribution is 2.33. The topological polar surface area (TPSA) is 63.3 Å². The molecule has 0 spiro atoms. The zero-order chi connectivity index (χ0) is 13.3. The van der Waals surface area contributed by atoms with E-state index in [1.807, 2.05) is 0 Å². The van der Waals surface area contributed by atoms with E-state index in [-0.39, 0.29) is 16.5 Å². The van der Waals surface area contributed by atoms with Gasteiger partial charge in [-0.2, -0.15) is 0 Å². The SMILES string of the molecule is CSc1c(F)cc(-c2cc(C(=O)O)on2)cc1Cl. The molecular weight excluding hydrogens is 281 g/mol. The van der Waals surface area contributed by atoms with E-state index >= 15 is 0 Å². The Morgan fingerprint density at radius 1 is 1.50 bits per heavy atom. The van der Waals surface area contributed by atoms with Crippen LogP contribution >= 0.6 is 23.4 Å². The van der Waals surface area contributed by atoms with Crippen molar-refractivity contribution in [2.24, 2.45) is 0 Å². The van der Waals surface area contributed by atoms with Crippen molar-refractivity contribution < 1.29 is 18.8 Å². The van der Waals surface area contributed by atoms with Crippen LogP contribution in [-0.4, -0.2) is 22.5 Å². The molecule has 0 aliphatic carbocycles. The maximum atomic E-state index is 13.7. The van der Waals surface area contributed by atoms with Gasteiger partial charge >= 0.3 is 5.97 Å². The van der Waals surface area contributed by atoms with E-state index in [0.29, 0.717) is 10.5 Å². The maximum Gasteiger partial charge on any atom is 0.374 e. The number of carbonyl (C=O) groups is 1. The zero-order valence-electron chi connectivity index (χ0n) is 9.11. The lowest BCUT2D eigenvalue weighted by atomic mass is 10.1. The lowest BCUT2D eigenvalue weighted by molar-refractivity contribution is 0.0652. The molecule has 2 aromatic rings. The molecule has 0 bridgehead atoms. The smallest absolute Gasteiger partial charge is 0.374 e. The largest absolute Gasteiger partial charge is 0.475 e. The van der Waals surface area contributed by atoms with Gasteiger partial charge in [-0.1, -0.05) is 16.8 Å². The number of carboxylic acids is 1. The first-order valence-electron chi connectivity index (χ1n) is 4.76. The Bertz CT molecular complexity index is 591. The zero-order valence-corrected chi connectivity index (χ0v) is 10.7. The molecule has 1 N–H and O–H groups in total. The number of aromatic nitrogens is 1. The summed E-state index contributed by atoms with van der Waals surface area (Å²) >= 11 is 7.11. The summed E-state index contributed by atoms with van der Waals surface area (Å²) < 4.78 is 18.3. The molecule has 0 saturated heterocycles. The highest BCUT2D eigenvalue weighted by atomic mass is 35.5. The molecule has 0 unspecified atom stereocenters. The summed E-state index contributed by atoms with van der Waals surface area (Å²) in [4.78, 5) is 11.0. The first kappa shape index (κ1) is 12.9. The Hall–Kier alpha value is -1.53. The van der Waals surface area contributed by atoms with Crippen LogP contribution in [0.2, 0.25) is 5.02 Å². The summed E-state index contributed by atoms with van der Waals surface area (Å²) in [6.07, 6.45) is 1.71. The number of carboxylic acid groups (broad SMARTS) is 1. The van der Waals surface area contributed by atoms with Crippen LogP contribution in [-0.2, 0) is 0 Å². The van der Waals surface area contributed by atoms with Crippen molar-refractivity contribution in [1.29, 1.82) is 0 Å². The maximum absolute atomic E-state index is 13.7. The molecule has 0 atom stereocenters. The van der Waals surface area contributed by atoms with Gasteiger partial charge in [0.25, 0.3) is 0 Å². The molecule has 18 heavy (non-hydrogen) atoms. The fourth-order valence-corrected chi connectivity index (χ4v) is 2.36. The minimum atomic E-state index is -1.24. The number of benzene rings is 1. The minimum absolute atomic E-state index is 0.223. The normalized spacial score (nSPS) is 10.6. The third-order valence-corrected chi connectivity index (χ3v) is 3.45. The average Bonchev–Trinajstić information content (AvgIpc) is 2.77. The van der Waals surface area contributed by atoms with Gasteiger partial charge in [-0.05, 0) is 18.4 Å². The Kier molecular flexibility index (Phi) is 3.58. The number of aromatic carboxylic acids is 1. The van der Waals surface area contributed by atoms with Gasteiger partial charge in [0.15, 0.2) is 0 Å². The van der Waals surface area contributed by atoms with Crippen LogP contribution in [0, 0.1) is 5.82 Å². The van der Waals surface area contributed by atoms with E-state index < -0.39 is 11.8 Å². The predicted molar refractivity (Wildman–Crippen MR) is 65.6 cm³/mol. The van der Waals surface area contributed by atoms with Gasteiger partial charge in [-0.25, -0.2) is 9.18 Å². The second kappa shape index (κ2) is 4.99. The first-order valence-corrected chi connectivity index (χ1v) is 6.36. The van der Waals surface area contributed by atoms with Crippen LogP contribution in [0.25, 0.3) is 11.3 Å². The molecular formula is C11H7ClFNO3S. The second-order valence-electron chi connectivity index (χ2n) is 3.35. The van der Waals surface area contributed by atoms with Crippen molar-refractivity contribution in [3.63, 3.8) is 0 Å². The van der Waals surface area contributed by atoms with Gasteiger partial charge in [-0.15, -0.1) is 11.8 Å². The number of halogens is 2. The van der Waals surface area contributed by atoms with Crippen molar-refractivity contribution in [3.8, 4) is 11.3 Å². The van der Waals surface area contributed by atoms with Crippen LogP contribution in [0.15, 0.2) is 27.6 Å². The first-order chi connectivity index (χ1) is 8.52. The van der Waals surface area contributed by atoms with Gasteiger partial charge in [0.05, 0.1) is 9.92 Å². The Morgan fingerprint density at radius 3 is 2.72 bits per heavy atom. The summed E-state index contributed by atoms with van der Waals surface area (Å²) in [5, 5.41) is 12.5. The molecule has 94 valence electrons. The van der Waals surface area contributed by atoms with Crippen LogP contribution in [0.3, 0.4) is 0 Å². The summed E-state index contributed by atoms with van der Waals surface area (Å²) in [6.45, 7) is 0. The van der Waals surface area contributed by atoms with Gasteiger partial charge in [-0.3, -0.25) is 0 Å². The van der Waals surface area contributed by atoms with Gasteiger partial charge < -0.3 is 9.63 Å². The Balaban J connectivity index is 2.47. The third kappa shape index (κ3) is 2.34. The fraction of sp³-hybridized carbons (Fsp3) is 0.0909. The lowest BCUT2D eigenvalue weighted by Gasteiger charge is -2.04. The average molecular weight is 288 g/mol. The van der Waals surface area contributed by atoms with Crippen molar-refractivity contribution in [2.45, 2.75) is 4.90 Å². The quantitative estimate of drug-likeness (QED) is 0.875. The number of rotatable bonds is 3. The van der Waals surface area contributed by atoms with E-state index in [2.05, 4.69) is 9.68 Å². The number of thioether (sulfide) groups is 1. The van der Waals surface area contributed by atoms with Crippen LogP contribution < -0.4 is 0 Å². The van der Waals surface area contributed by atoms with E-state index in [1.54, 1.807) is 6.26 Å². The number of hydrogen-bond donors (Lipinski definition) is 1. The molecule has 0 saturated carbocycles. The monoisotopic (exact) mass is 287 g/mol. The van der Waals surface area contributed by atoms with Crippen molar-refractivity contribution in [3.05, 3.63) is 34.8 Å². The molecule has 0 amide bonds. The van der Waals surface area contributed by atoms with E-state index in [0.717, 1.165) is 0 Å². The van der Waals surface area contributed by atoms with Crippen LogP contribution in [0.5, 0.6) is 0 Å². The standard InChI is InChI=1S/C11H7ClFNO3S/c1-18-10-6(12)2-5(3-7(10)13)8-4-9(11(15)16)17-14-8/h2-4H,1H3,(H,15,16). The van der Waals surface area contributed by atoms with Gasteiger partial charge in [0, 0.05) is 11.6 Å².